The van der Waals surface area contributed by atoms with E-state index in [0.717, 1.165) is 59.6 Å². The first-order chi connectivity index (χ1) is 10.7. The largest absolute Gasteiger partial charge is 0.298 e. The molecule has 0 saturated heterocycles. The van der Waals surface area contributed by atoms with Crippen molar-refractivity contribution < 1.29 is 4.79 Å². The van der Waals surface area contributed by atoms with Crippen LogP contribution in [-0.4, -0.2) is 15.8 Å². The molecule has 0 atom stereocenters. The quantitative estimate of drug-likeness (QED) is 0.752. The molecule has 6 heteroatoms. The van der Waals surface area contributed by atoms with Crippen molar-refractivity contribution in [1.82, 2.24) is 9.55 Å². The maximum atomic E-state index is 12.9. The average molecular weight is 335 g/mol. The van der Waals surface area contributed by atoms with E-state index in [-0.39, 0.29) is 5.56 Å². The Bertz CT molecular complexity index is 878. The van der Waals surface area contributed by atoms with Gasteiger partial charge in [-0.25, -0.2) is 4.98 Å². The number of rotatable bonds is 1. The highest BCUT2D eigenvalue weighted by Gasteiger charge is 2.26. The molecule has 2 aromatic heterocycles. The van der Waals surface area contributed by atoms with Gasteiger partial charge < -0.3 is 0 Å². The van der Waals surface area contributed by atoms with E-state index in [1.54, 1.807) is 0 Å². The van der Waals surface area contributed by atoms with Crippen LogP contribution in [0.1, 0.15) is 41.9 Å². The molecule has 114 valence electrons. The van der Waals surface area contributed by atoms with E-state index in [1.807, 2.05) is 4.57 Å². The highest BCUT2D eigenvalue weighted by Crippen LogP contribution is 2.41. The highest BCUT2D eigenvalue weighted by atomic mass is 35.5. The molecule has 22 heavy (non-hydrogen) atoms. The number of carbonyl (C=O) groups is 1. The number of nitrogens with zero attached hydrogens (tertiary/aromatic N) is 2. The molecule has 0 saturated carbocycles. The summed E-state index contributed by atoms with van der Waals surface area (Å²) in [6.07, 6.45) is 6.23. The van der Waals surface area contributed by atoms with Gasteiger partial charge in [0.05, 0.1) is 15.3 Å². The standard InChI is InChI=1S/C16H15ClN2O2S/c17-13-9(8-20)5-6-10-12-15(22-14(10)13)18-11-4-2-1-3-7-19(11)16(12)21/h8H,1-7H2. The van der Waals surface area contributed by atoms with Crippen LogP contribution in [0.3, 0.4) is 0 Å². The third kappa shape index (κ3) is 1.99. The Kier molecular flexibility index (Phi) is 3.42. The van der Waals surface area contributed by atoms with Crippen molar-refractivity contribution in [1.29, 1.82) is 0 Å². The van der Waals surface area contributed by atoms with Crippen molar-refractivity contribution in [2.75, 3.05) is 0 Å². The Morgan fingerprint density at radius 2 is 2.05 bits per heavy atom. The molecule has 0 fully saturated rings. The second-order valence-electron chi connectivity index (χ2n) is 5.84. The lowest BCUT2D eigenvalue weighted by Gasteiger charge is -2.13. The third-order valence-electron chi connectivity index (χ3n) is 4.54. The number of aldehydes is 1. The number of aromatic nitrogens is 2. The van der Waals surface area contributed by atoms with Crippen molar-refractivity contribution in [2.24, 2.45) is 0 Å². The van der Waals surface area contributed by atoms with Crippen molar-refractivity contribution >= 4 is 44.5 Å². The van der Waals surface area contributed by atoms with Gasteiger partial charge >= 0.3 is 0 Å². The minimum atomic E-state index is 0.0680. The van der Waals surface area contributed by atoms with Crippen molar-refractivity contribution in [2.45, 2.75) is 45.1 Å². The number of carbonyl (C=O) groups excluding carboxylic acids is 1. The predicted molar refractivity (Wildman–Crippen MR) is 88.6 cm³/mol. The van der Waals surface area contributed by atoms with E-state index in [9.17, 15) is 9.59 Å². The molecule has 0 amide bonds. The molecule has 0 unspecified atom stereocenters. The van der Waals surface area contributed by atoms with E-state index in [4.69, 9.17) is 16.6 Å². The summed E-state index contributed by atoms with van der Waals surface area (Å²) in [7, 11) is 0. The van der Waals surface area contributed by atoms with Crippen LogP contribution in [0.15, 0.2) is 10.4 Å². The summed E-state index contributed by atoms with van der Waals surface area (Å²) in [5, 5.41) is 1.22. The molecule has 0 N–H and O–H groups in total. The summed E-state index contributed by atoms with van der Waals surface area (Å²) in [5.74, 6) is 0.893. The lowest BCUT2D eigenvalue weighted by Crippen LogP contribution is -2.24. The van der Waals surface area contributed by atoms with E-state index in [0.29, 0.717) is 28.8 Å². The van der Waals surface area contributed by atoms with E-state index < -0.39 is 0 Å². The van der Waals surface area contributed by atoms with Gasteiger partial charge in [0.15, 0.2) is 0 Å². The Morgan fingerprint density at radius 3 is 2.86 bits per heavy atom. The molecular formula is C16H15ClN2O2S. The zero-order valence-electron chi connectivity index (χ0n) is 12.0. The van der Waals surface area contributed by atoms with Crippen LogP contribution in [0, 0.1) is 0 Å². The minimum Gasteiger partial charge on any atom is -0.298 e. The van der Waals surface area contributed by atoms with Gasteiger partial charge in [0.2, 0.25) is 0 Å². The summed E-state index contributed by atoms with van der Waals surface area (Å²) in [6.45, 7) is 0.755. The van der Waals surface area contributed by atoms with Crippen LogP contribution in [0.4, 0.5) is 0 Å². The van der Waals surface area contributed by atoms with Gasteiger partial charge in [0, 0.05) is 18.5 Å². The minimum absolute atomic E-state index is 0.0680. The molecule has 0 aromatic carbocycles. The Morgan fingerprint density at radius 1 is 1.18 bits per heavy atom. The van der Waals surface area contributed by atoms with E-state index in [2.05, 4.69) is 0 Å². The first-order valence-electron chi connectivity index (χ1n) is 7.60. The van der Waals surface area contributed by atoms with Crippen molar-refractivity contribution in [3.8, 4) is 0 Å². The number of hydrogen-bond acceptors (Lipinski definition) is 4. The number of allylic oxidation sites excluding steroid dienone is 1. The fourth-order valence-corrected chi connectivity index (χ4v) is 4.95. The van der Waals surface area contributed by atoms with Gasteiger partial charge in [-0.1, -0.05) is 18.0 Å². The van der Waals surface area contributed by atoms with E-state index in [1.165, 1.54) is 11.3 Å². The average Bonchev–Trinajstić information content (AvgIpc) is 2.72. The second kappa shape index (κ2) is 5.32. The van der Waals surface area contributed by atoms with Gasteiger partial charge in [-0.2, -0.15) is 0 Å². The summed E-state index contributed by atoms with van der Waals surface area (Å²) in [4.78, 5) is 30.4. The fourth-order valence-electron chi connectivity index (χ4n) is 3.37. The summed E-state index contributed by atoms with van der Waals surface area (Å²) in [5.41, 5.74) is 1.67. The highest BCUT2D eigenvalue weighted by molar-refractivity contribution is 7.20. The number of thiophene rings is 1. The summed E-state index contributed by atoms with van der Waals surface area (Å²) < 4.78 is 1.84. The SMILES string of the molecule is O=CC1=C(Cl)c2sc3nc4n(c(=O)c3c2CC1)CCCCC4. The topological polar surface area (TPSA) is 52.0 Å². The second-order valence-corrected chi connectivity index (χ2v) is 7.22. The molecule has 2 aromatic rings. The third-order valence-corrected chi connectivity index (χ3v) is 6.23. The maximum absolute atomic E-state index is 12.9. The zero-order valence-corrected chi connectivity index (χ0v) is 13.6. The molecule has 4 nitrogen and oxygen atoms in total. The Balaban J connectivity index is 2.02. The molecule has 1 aliphatic carbocycles. The van der Waals surface area contributed by atoms with Crippen LogP contribution in [0.5, 0.6) is 0 Å². The number of fused-ring (bicyclic) bond motifs is 4. The lowest BCUT2D eigenvalue weighted by atomic mass is 9.97. The summed E-state index contributed by atoms with van der Waals surface area (Å²) >= 11 is 7.79. The van der Waals surface area contributed by atoms with Gasteiger partial charge in [0.1, 0.15) is 16.9 Å². The van der Waals surface area contributed by atoms with Crippen LogP contribution < -0.4 is 5.56 Å². The normalized spacial score (nSPS) is 18.0. The van der Waals surface area contributed by atoms with Crippen LogP contribution in [-0.2, 0) is 24.2 Å². The smallest absolute Gasteiger partial charge is 0.262 e. The fraction of sp³-hybridized carbons (Fsp3) is 0.438. The van der Waals surface area contributed by atoms with Crippen LogP contribution >= 0.6 is 22.9 Å². The molecule has 1 aliphatic heterocycles. The molecule has 0 radical (unpaired) electrons. The lowest BCUT2D eigenvalue weighted by molar-refractivity contribution is -0.105. The molecule has 4 rings (SSSR count). The molecule has 0 bridgehead atoms. The number of aryl methyl sites for hydroxylation is 2. The van der Waals surface area contributed by atoms with Crippen molar-refractivity contribution in [3.05, 3.63) is 32.2 Å². The molecule has 2 aliphatic rings. The summed E-state index contributed by atoms with van der Waals surface area (Å²) in [6, 6.07) is 0. The van der Waals surface area contributed by atoms with Crippen LogP contribution in [0.25, 0.3) is 15.2 Å². The van der Waals surface area contributed by atoms with E-state index >= 15 is 0 Å². The van der Waals surface area contributed by atoms with Gasteiger partial charge in [-0.15, -0.1) is 11.3 Å². The number of halogens is 1. The first-order valence-corrected chi connectivity index (χ1v) is 8.79. The van der Waals surface area contributed by atoms with Gasteiger partial charge in [0.25, 0.3) is 5.56 Å². The zero-order chi connectivity index (χ0) is 15.3. The Hall–Kier alpha value is -1.46. The monoisotopic (exact) mass is 334 g/mol. The Labute approximate surface area is 136 Å². The number of hydrogen-bond donors (Lipinski definition) is 0. The molecular weight excluding hydrogens is 320 g/mol. The van der Waals surface area contributed by atoms with Crippen LogP contribution in [0.2, 0.25) is 0 Å². The predicted octanol–water partition coefficient (Wildman–Crippen LogP) is 3.28. The first kappa shape index (κ1) is 14.2. The molecule has 3 heterocycles. The maximum Gasteiger partial charge on any atom is 0.262 e. The van der Waals surface area contributed by atoms with Crippen molar-refractivity contribution in [3.63, 3.8) is 0 Å². The van der Waals surface area contributed by atoms with Gasteiger partial charge in [-0.3, -0.25) is 14.2 Å². The molecule has 0 spiro atoms. The van der Waals surface area contributed by atoms with Gasteiger partial charge in [-0.05, 0) is 31.2 Å².